The maximum Gasteiger partial charge on any atom is 0.102 e. The SMILES string of the molecule is CC(C)SCCCC=C(Cl)Cl. The predicted octanol–water partition coefficient (Wildman–Crippen LogP) is 4.23. The van der Waals surface area contributed by atoms with Crippen molar-refractivity contribution >= 4 is 35.0 Å². The third kappa shape index (κ3) is 10.7. The fraction of sp³-hybridized carbons (Fsp3) is 0.750. The quantitative estimate of drug-likeness (QED) is 0.616. The van der Waals surface area contributed by atoms with E-state index in [1.54, 1.807) is 0 Å². The Morgan fingerprint density at radius 2 is 2.09 bits per heavy atom. The van der Waals surface area contributed by atoms with Gasteiger partial charge in [0.2, 0.25) is 0 Å². The van der Waals surface area contributed by atoms with Crippen molar-refractivity contribution in [1.29, 1.82) is 0 Å². The first-order chi connectivity index (χ1) is 5.13. The number of unbranched alkanes of at least 4 members (excludes halogenated alkanes) is 1. The first-order valence-electron chi connectivity index (χ1n) is 3.75. The van der Waals surface area contributed by atoms with Gasteiger partial charge >= 0.3 is 0 Å². The van der Waals surface area contributed by atoms with Crippen LogP contribution < -0.4 is 0 Å². The van der Waals surface area contributed by atoms with Crippen molar-refractivity contribution in [2.24, 2.45) is 0 Å². The molecule has 0 bridgehead atoms. The zero-order valence-corrected chi connectivity index (χ0v) is 9.27. The summed E-state index contributed by atoms with van der Waals surface area (Å²) in [4.78, 5) is 0. The summed E-state index contributed by atoms with van der Waals surface area (Å²) in [5.41, 5.74) is 0. The molecule has 0 aromatic rings. The van der Waals surface area contributed by atoms with Gasteiger partial charge in [0.05, 0.1) is 0 Å². The Morgan fingerprint density at radius 1 is 1.45 bits per heavy atom. The van der Waals surface area contributed by atoms with Crippen molar-refractivity contribution in [3.63, 3.8) is 0 Å². The van der Waals surface area contributed by atoms with Crippen molar-refractivity contribution in [3.8, 4) is 0 Å². The van der Waals surface area contributed by atoms with Crippen molar-refractivity contribution in [1.82, 2.24) is 0 Å². The van der Waals surface area contributed by atoms with E-state index in [1.807, 2.05) is 17.8 Å². The van der Waals surface area contributed by atoms with Crippen LogP contribution in [0.15, 0.2) is 10.6 Å². The zero-order valence-electron chi connectivity index (χ0n) is 6.94. The van der Waals surface area contributed by atoms with Crippen molar-refractivity contribution in [3.05, 3.63) is 10.6 Å². The monoisotopic (exact) mass is 212 g/mol. The summed E-state index contributed by atoms with van der Waals surface area (Å²) in [6, 6.07) is 0. The summed E-state index contributed by atoms with van der Waals surface area (Å²) >= 11 is 12.8. The highest BCUT2D eigenvalue weighted by Crippen LogP contribution is 2.13. The normalized spacial score (nSPS) is 10.3. The number of thioether (sulfide) groups is 1. The number of hydrogen-bond acceptors (Lipinski definition) is 1. The third-order valence-electron chi connectivity index (χ3n) is 1.10. The van der Waals surface area contributed by atoms with Crippen molar-refractivity contribution < 1.29 is 0 Å². The Labute approximate surface area is 83.3 Å². The van der Waals surface area contributed by atoms with Crippen LogP contribution in [0, 0.1) is 0 Å². The fourth-order valence-corrected chi connectivity index (χ4v) is 1.64. The van der Waals surface area contributed by atoms with Gasteiger partial charge in [-0.1, -0.05) is 43.1 Å². The average molecular weight is 213 g/mol. The van der Waals surface area contributed by atoms with E-state index in [0.717, 1.165) is 18.1 Å². The molecule has 0 nitrogen and oxygen atoms in total. The molecule has 0 N–H and O–H groups in total. The van der Waals surface area contributed by atoms with E-state index >= 15 is 0 Å². The summed E-state index contributed by atoms with van der Waals surface area (Å²) in [5, 5.41) is 0.727. The molecular formula is C8H14Cl2S. The topological polar surface area (TPSA) is 0 Å². The van der Waals surface area contributed by atoms with Gasteiger partial charge in [0.15, 0.2) is 0 Å². The number of rotatable bonds is 5. The second-order valence-corrected chi connectivity index (χ2v) is 5.25. The molecule has 3 heteroatoms. The van der Waals surface area contributed by atoms with Crippen LogP contribution in [-0.2, 0) is 0 Å². The minimum absolute atomic E-state index is 0.388. The molecule has 0 aromatic carbocycles. The summed E-state index contributed by atoms with van der Waals surface area (Å²) in [5.74, 6) is 1.19. The number of halogens is 2. The van der Waals surface area contributed by atoms with Crippen LogP contribution in [0.1, 0.15) is 26.7 Å². The van der Waals surface area contributed by atoms with E-state index in [0.29, 0.717) is 4.49 Å². The Balaban J connectivity index is 3.09. The Hall–Kier alpha value is 0.670. The molecule has 0 atom stereocenters. The molecule has 0 aliphatic carbocycles. The molecule has 66 valence electrons. The van der Waals surface area contributed by atoms with Gasteiger partial charge in [-0.25, -0.2) is 0 Å². The smallest absolute Gasteiger partial charge is 0.102 e. The van der Waals surface area contributed by atoms with Crippen LogP contribution >= 0.6 is 35.0 Å². The highest BCUT2D eigenvalue weighted by atomic mass is 35.5. The highest BCUT2D eigenvalue weighted by Gasteiger charge is 1.92. The van der Waals surface area contributed by atoms with Gasteiger partial charge in [0, 0.05) is 0 Å². The molecule has 0 saturated carbocycles. The lowest BCUT2D eigenvalue weighted by Gasteiger charge is -2.01. The molecule has 0 aliphatic heterocycles. The number of allylic oxidation sites excluding steroid dienone is 1. The van der Waals surface area contributed by atoms with Gasteiger partial charge in [-0.15, -0.1) is 0 Å². The molecule has 0 spiro atoms. The van der Waals surface area contributed by atoms with Crippen LogP contribution in [-0.4, -0.2) is 11.0 Å². The largest absolute Gasteiger partial charge is 0.159 e. The van der Waals surface area contributed by atoms with Crippen LogP contribution in [0.25, 0.3) is 0 Å². The van der Waals surface area contributed by atoms with E-state index in [9.17, 15) is 0 Å². The zero-order chi connectivity index (χ0) is 8.69. The van der Waals surface area contributed by atoms with Gasteiger partial charge in [-0.05, 0) is 23.8 Å². The van der Waals surface area contributed by atoms with E-state index in [2.05, 4.69) is 13.8 Å². The average Bonchev–Trinajstić information content (AvgIpc) is 1.85. The van der Waals surface area contributed by atoms with Crippen LogP contribution in [0.4, 0.5) is 0 Å². The van der Waals surface area contributed by atoms with E-state index < -0.39 is 0 Å². The maximum absolute atomic E-state index is 5.44. The number of hydrogen-bond donors (Lipinski definition) is 0. The first-order valence-corrected chi connectivity index (χ1v) is 5.56. The lowest BCUT2D eigenvalue weighted by Crippen LogP contribution is -1.88. The van der Waals surface area contributed by atoms with Crippen LogP contribution in [0.3, 0.4) is 0 Å². The lowest BCUT2D eigenvalue weighted by molar-refractivity contribution is 0.964. The Kier molecular flexibility index (Phi) is 7.77. The second kappa shape index (κ2) is 7.33. The van der Waals surface area contributed by atoms with Crippen LogP contribution in [0.5, 0.6) is 0 Å². The maximum atomic E-state index is 5.44. The lowest BCUT2D eigenvalue weighted by atomic mass is 10.3. The molecule has 11 heavy (non-hydrogen) atoms. The predicted molar refractivity (Wildman–Crippen MR) is 56.6 cm³/mol. The first kappa shape index (κ1) is 11.7. The molecular weight excluding hydrogens is 199 g/mol. The third-order valence-corrected chi connectivity index (χ3v) is 2.60. The van der Waals surface area contributed by atoms with Crippen molar-refractivity contribution in [2.45, 2.75) is 31.9 Å². The Morgan fingerprint density at radius 3 is 2.55 bits per heavy atom. The highest BCUT2D eigenvalue weighted by molar-refractivity contribution is 7.99. The van der Waals surface area contributed by atoms with Gasteiger partial charge in [-0.2, -0.15) is 11.8 Å². The second-order valence-electron chi connectivity index (χ2n) is 2.56. The van der Waals surface area contributed by atoms with E-state index in [1.165, 1.54) is 5.75 Å². The Bertz CT molecular complexity index is 117. The molecule has 0 saturated heterocycles. The molecule has 0 rings (SSSR count). The molecule has 0 fully saturated rings. The molecule has 0 amide bonds. The van der Waals surface area contributed by atoms with Gasteiger partial charge in [-0.3, -0.25) is 0 Å². The van der Waals surface area contributed by atoms with Gasteiger partial charge in [0.25, 0.3) is 0 Å². The molecule has 0 aromatic heterocycles. The molecule has 0 radical (unpaired) electrons. The summed E-state index contributed by atoms with van der Waals surface area (Å²) in [6.45, 7) is 4.41. The molecule has 0 heterocycles. The summed E-state index contributed by atoms with van der Waals surface area (Å²) < 4.78 is 0.388. The van der Waals surface area contributed by atoms with Crippen molar-refractivity contribution in [2.75, 3.05) is 5.75 Å². The van der Waals surface area contributed by atoms with Gasteiger partial charge in [0.1, 0.15) is 4.49 Å². The fourth-order valence-electron chi connectivity index (χ4n) is 0.614. The van der Waals surface area contributed by atoms with Crippen LogP contribution in [0.2, 0.25) is 0 Å². The van der Waals surface area contributed by atoms with Gasteiger partial charge < -0.3 is 0 Å². The molecule has 0 aliphatic rings. The minimum atomic E-state index is 0.388. The van der Waals surface area contributed by atoms with E-state index in [-0.39, 0.29) is 0 Å². The standard InChI is InChI=1S/C8H14Cl2S/c1-7(2)11-6-4-3-5-8(9)10/h5,7H,3-4,6H2,1-2H3. The minimum Gasteiger partial charge on any atom is -0.159 e. The molecule has 0 unspecified atom stereocenters. The summed E-state index contributed by atoms with van der Waals surface area (Å²) in [6.07, 6.45) is 4.00. The summed E-state index contributed by atoms with van der Waals surface area (Å²) in [7, 11) is 0. The van der Waals surface area contributed by atoms with E-state index in [4.69, 9.17) is 23.2 Å².